The molecule has 1 aliphatic rings. The molecule has 1 saturated heterocycles. The van der Waals surface area contributed by atoms with Crippen LogP contribution in [0.15, 0.2) is 71.6 Å². The second-order valence-electron chi connectivity index (χ2n) is 7.82. The Kier molecular flexibility index (Phi) is 7.02. The van der Waals surface area contributed by atoms with Gasteiger partial charge in [-0.3, -0.25) is 9.59 Å². The molecule has 1 amide bonds. The number of hydrogen-bond donors (Lipinski definition) is 1. The third-order valence-electron chi connectivity index (χ3n) is 5.62. The van der Waals surface area contributed by atoms with Gasteiger partial charge in [-0.15, -0.1) is 0 Å². The number of ketones is 1. The number of anilines is 1. The zero-order valence-corrected chi connectivity index (χ0v) is 20.0. The monoisotopic (exact) mass is 498 g/mol. The van der Waals surface area contributed by atoms with E-state index in [0.717, 1.165) is 12.8 Å². The number of ether oxygens (including phenoxy) is 1. The second-order valence-corrected chi connectivity index (χ2v) is 10.2. The quantitative estimate of drug-likeness (QED) is 0.480. The largest absolute Gasteiger partial charge is 0.495 e. The average molecular weight is 499 g/mol. The van der Waals surface area contributed by atoms with Crippen molar-refractivity contribution in [2.75, 3.05) is 25.5 Å². The van der Waals surface area contributed by atoms with E-state index in [0.29, 0.717) is 23.7 Å². The molecular weight excluding hydrogens is 476 g/mol. The van der Waals surface area contributed by atoms with Crippen LogP contribution in [0.5, 0.6) is 5.75 Å². The summed E-state index contributed by atoms with van der Waals surface area (Å²) in [5.41, 5.74) is 1.06. The van der Waals surface area contributed by atoms with E-state index in [1.165, 1.54) is 35.7 Å². The van der Waals surface area contributed by atoms with Crippen LogP contribution in [0.25, 0.3) is 0 Å². The van der Waals surface area contributed by atoms with Gasteiger partial charge in [0, 0.05) is 34.8 Å². The predicted octanol–water partition coefficient (Wildman–Crippen LogP) is 4.62. The number of amides is 1. The van der Waals surface area contributed by atoms with Gasteiger partial charge in [-0.2, -0.15) is 4.31 Å². The summed E-state index contributed by atoms with van der Waals surface area (Å²) in [6.45, 7) is 0.856. The number of sulfonamides is 1. The summed E-state index contributed by atoms with van der Waals surface area (Å²) in [4.78, 5) is 26.1. The minimum atomic E-state index is -3.82. The molecule has 0 radical (unpaired) electrons. The fourth-order valence-corrected chi connectivity index (χ4v) is 5.71. The summed E-state index contributed by atoms with van der Waals surface area (Å²) in [6.07, 6.45) is 1.58. The molecule has 0 unspecified atom stereocenters. The lowest BCUT2D eigenvalue weighted by Gasteiger charge is -2.18. The van der Waals surface area contributed by atoms with Gasteiger partial charge in [-0.25, -0.2) is 8.42 Å². The van der Waals surface area contributed by atoms with Gasteiger partial charge in [-0.1, -0.05) is 41.9 Å². The van der Waals surface area contributed by atoms with Crippen LogP contribution in [-0.4, -0.2) is 44.6 Å². The van der Waals surface area contributed by atoms with Crippen molar-refractivity contribution in [3.8, 4) is 5.75 Å². The van der Waals surface area contributed by atoms with Gasteiger partial charge in [0.1, 0.15) is 10.6 Å². The van der Waals surface area contributed by atoms with Crippen LogP contribution in [0.1, 0.15) is 39.1 Å². The van der Waals surface area contributed by atoms with Crippen molar-refractivity contribution in [2.45, 2.75) is 17.7 Å². The lowest BCUT2D eigenvalue weighted by Crippen LogP contribution is -2.28. The summed E-state index contributed by atoms with van der Waals surface area (Å²) in [5, 5.41) is 3.07. The predicted molar refractivity (Wildman–Crippen MR) is 130 cm³/mol. The molecule has 0 aliphatic carbocycles. The Labute approximate surface area is 203 Å². The van der Waals surface area contributed by atoms with Crippen molar-refractivity contribution >= 4 is 39.0 Å². The third-order valence-corrected chi connectivity index (χ3v) is 7.77. The first-order valence-electron chi connectivity index (χ1n) is 10.7. The van der Waals surface area contributed by atoms with Crippen molar-refractivity contribution in [3.63, 3.8) is 0 Å². The van der Waals surface area contributed by atoms with Crippen LogP contribution in [0.2, 0.25) is 5.02 Å². The van der Waals surface area contributed by atoms with Gasteiger partial charge in [0.2, 0.25) is 10.0 Å². The Morgan fingerprint density at radius 3 is 2.32 bits per heavy atom. The molecule has 1 fully saturated rings. The van der Waals surface area contributed by atoms with Crippen LogP contribution >= 0.6 is 11.6 Å². The Morgan fingerprint density at radius 2 is 1.65 bits per heavy atom. The molecule has 0 aromatic heterocycles. The molecule has 3 aromatic carbocycles. The molecule has 9 heteroatoms. The van der Waals surface area contributed by atoms with Gasteiger partial charge < -0.3 is 10.1 Å². The highest BCUT2D eigenvalue weighted by Gasteiger charge is 2.31. The average Bonchev–Trinajstić information content (AvgIpc) is 3.41. The molecule has 0 atom stereocenters. The summed E-state index contributed by atoms with van der Waals surface area (Å²) in [6, 6.07) is 17.5. The highest BCUT2D eigenvalue weighted by atomic mass is 35.5. The van der Waals surface area contributed by atoms with E-state index in [-0.39, 0.29) is 33.2 Å². The van der Waals surface area contributed by atoms with Gasteiger partial charge in [-0.05, 0) is 49.2 Å². The maximum atomic E-state index is 13.1. The second kappa shape index (κ2) is 9.97. The summed E-state index contributed by atoms with van der Waals surface area (Å²) in [7, 11) is -2.43. The highest BCUT2D eigenvalue weighted by Crippen LogP contribution is 2.31. The molecule has 1 aliphatic heterocycles. The molecule has 1 N–H and O–H groups in total. The van der Waals surface area contributed by atoms with Crippen molar-refractivity contribution in [1.82, 2.24) is 4.31 Å². The van der Waals surface area contributed by atoms with Gasteiger partial charge in [0.25, 0.3) is 5.91 Å². The number of nitrogens with one attached hydrogen (secondary N) is 1. The first-order valence-corrected chi connectivity index (χ1v) is 12.5. The molecule has 3 aromatic rings. The Morgan fingerprint density at radius 1 is 0.941 bits per heavy atom. The minimum absolute atomic E-state index is 0.0683. The Balaban J connectivity index is 1.67. The molecular formula is C25H23ClN2O5S. The third kappa shape index (κ3) is 4.84. The molecule has 0 spiro atoms. The Hall–Kier alpha value is -3.20. The first-order chi connectivity index (χ1) is 16.3. The molecule has 7 nitrogen and oxygen atoms in total. The zero-order chi connectivity index (χ0) is 24.3. The number of hydrogen-bond acceptors (Lipinski definition) is 5. The van der Waals surface area contributed by atoms with Crippen LogP contribution in [0.4, 0.5) is 5.69 Å². The molecule has 0 bridgehead atoms. The van der Waals surface area contributed by atoms with Gasteiger partial charge in [0.15, 0.2) is 5.78 Å². The number of carbonyl (C=O) groups excluding carboxylic acids is 2. The van der Waals surface area contributed by atoms with Crippen LogP contribution in [0, 0.1) is 0 Å². The minimum Gasteiger partial charge on any atom is -0.495 e. The number of halogens is 1. The lowest BCUT2D eigenvalue weighted by molar-refractivity contribution is 0.102. The van der Waals surface area contributed by atoms with E-state index < -0.39 is 15.9 Å². The van der Waals surface area contributed by atoms with E-state index in [9.17, 15) is 18.0 Å². The normalized spacial score (nSPS) is 14.1. The lowest BCUT2D eigenvalue weighted by atomic mass is 10.0. The topological polar surface area (TPSA) is 92.8 Å². The summed E-state index contributed by atoms with van der Waals surface area (Å²) >= 11 is 6.12. The van der Waals surface area contributed by atoms with Crippen molar-refractivity contribution in [2.24, 2.45) is 0 Å². The van der Waals surface area contributed by atoms with Crippen molar-refractivity contribution < 1.29 is 22.7 Å². The Bertz CT molecular complexity index is 1340. The van der Waals surface area contributed by atoms with E-state index in [1.807, 2.05) is 0 Å². The van der Waals surface area contributed by atoms with Gasteiger partial charge in [0.05, 0.1) is 12.8 Å². The first kappa shape index (κ1) is 23.9. The number of carbonyl (C=O) groups is 2. The fourth-order valence-electron chi connectivity index (χ4n) is 3.84. The van der Waals surface area contributed by atoms with Gasteiger partial charge >= 0.3 is 0 Å². The standard InChI is InChI=1S/C25H23ClN2O5S/c1-33-22-12-9-18(15-23(22)34(31,32)28-13-5-6-14-28)25(30)27-21-11-10-19(26)16-20(21)24(29)17-7-3-2-4-8-17/h2-4,7-12,15-16H,5-6,13-14H2,1H3,(H,27,30). The summed E-state index contributed by atoms with van der Waals surface area (Å²) < 4.78 is 32.9. The number of methoxy groups -OCH3 is 1. The van der Waals surface area contributed by atoms with Crippen LogP contribution in [0.3, 0.4) is 0 Å². The number of rotatable bonds is 7. The van der Waals surface area contributed by atoms with E-state index in [1.54, 1.807) is 42.5 Å². The van der Waals surface area contributed by atoms with E-state index >= 15 is 0 Å². The molecule has 4 rings (SSSR count). The maximum Gasteiger partial charge on any atom is 0.255 e. The number of nitrogens with zero attached hydrogens (tertiary/aromatic N) is 1. The molecule has 34 heavy (non-hydrogen) atoms. The van der Waals surface area contributed by atoms with E-state index in [2.05, 4.69) is 5.32 Å². The smallest absolute Gasteiger partial charge is 0.255 e. The SMILES string of the molecule is COc1ccc(C(=O)Nc2ccc(Cl)cc2C(=O)c2ccccc2)cc1S(=O)(=O)N1CCCC1. The van der Waals surface area contributed by atoms with E-state index in [4.69, 9.17) is 16.3 Å². The zero-order valence-electron chi connectivity index (χ0n) is 18.5. The maximum absolute atomic E-state index is 13.1. The van der Waals surface area contributed by atoms with Crippen LogP contribution in [-0.2, 0) is 10.0 Å². The van der Waals surface area contributed by atoms with Crippen molar-refractivity contribution in [3.05, 3.63) is 88.4 Å². The fraction of sp³-hybridized carbons (Fsp3) is 0.200. The van der Waals surface area contributed by atoms with Crippen LogP contribution < -0.4 is 10.1 Å². The van der Waals surface area contributed by atoms with Crippen molar-refractivity contribution in [1.29, 1.82) is 0 Å². The highest BCUT2D eigenvalue weighted by molar-refractivity contribution is 7.89. The molecule has 176 valence electrons. The summed E-state index contributed by atoms with van der Waals surface area (Å²) in [5.74, 6) is -0.703. The molecule has 0 saturated carbocycles. The number of benzene rings is 3. The molecule has 1 heterocycles.